The summed E-state index contributed by atoms with van der Waals surface area (Å²) in [6.07, 6.45) is 20.0. The van der Waals surface area contributed by atoms with Gasteiger partial charge in [0.15, 0.2) is 17.4 Å². The zero-order chi connectivity index (χ0) is 15.6. The molecular formula is C18H39AlO3Zn. The average Bonchev–Trinajstić information content (AvgIpc) is 2.50. The minimum atomic E-state index is -0.510. The molecule has 0 aliphatic rings. The molecule has 0 aromatic carbocycles. The van der Waals surface area contributed by atoms with Gasteiger partial charge in [0.1, 0.15) is 0 Å². The van der Waals surface area contributed by atoms with E-state index < -0.39 is 5.97 Å². The van der Waals surface area contributed by atoms with Crippen LogP contribution in [0, 0.1) is 0 Å². The zero-order valence-corrected chi connectivity index (χ0v) is 17.8. The van der Waals surface area contributed by atoms with Crippen molar-refractivity contribution in [3.8, 4) is 0 Å². The number of carbonyl (C=O) groups is 1. The van der Waals surface area contributed by atoms with Crippen molar-refractivity contribution in [3.05, 3.63) is 0 Å². The maximum Gasteiger partial charge on any atom is 0.342 e. The van der Waals surface area contributed by atoms with Gasteiger partial charge in [-0.15, -0.1) is 0 Å². The molecule has 0 saturated heterocycles. The minimum Gasteiger partial charge on any atom is -0.301 e. The molecule has 0 rings (SSSR count). The summed E-state index contributed by atoms with van der Waals surface area (Å²) in [6.45, 7) is 2.27. The third-order valence-corrected chi connectivity index (χ3v) is 4.09. The standard InChI is InChI=1S/C18H36O3.Al.Zn.3H/c1-2-3-4-5-6-7-8-9-10-11-12-13-14-15-16-17-18(19)21-20;;;;;/h20H,2-17H2,1H3;;;;;. The molecule has 0 atom stereocenters. The normalized spacial score (nSPS) is 9.83. The molecule has 0 aliphatic heterocycles. The van der Waals surface area contributed by atoms with Crippen LogP contribution in [0.5, 0.6) is 0 Å². The first-order valence-corrected chi connectivity index (χ1v) is 9.15. The van der Waals surface area contributed by atoms with Crippen molar-refractivity contribution in [2.24, 2.45) is 0 Å². The maximum absolute atomic E-state index is 10.7. The van der Waals surface area contributed by atoms with Gasteiger partial charge in [0, 0.05) is 25.9 Å². The van der Waals surface area contributed by atoms with Crippen LogP contribution in [0.2, 0.25) is 0 Å². The van der Waals surface area contributed by atoms with Gasteiger partial charge in [-0.3, -0.25) is 0 Å². The van der Waals surface area contributed by atoms with E-state index in [0.29, 0.717) is 6.42 Å². The minimum absolute atomic E-state index is 0. The summed E-state index contributed by atoms with van der Waals surface area (Å²) in [7, 11) is 0. The van der Waals surface area contributed by atoms with Crippen LogP contribution < -0.4 is 0 Å². The molecule has 134 valence electrons. The van der Waals surface area contributed by atoms with Crippen molar-refractivity contribution in [2.45, 2.75) is 110 Å². The first-order valence-electron chi connectivity index (χ1n) is 9.15. The van der Waals surface area contributed by atoms with Crippen molar-refractivity contribution < 1.29 is 34.4 Å². The SMILES string of the molecule is CCCCCCCCCCCCCCCCCC(=O)OO.[AlH3].[Zn]. The maximum atomic E-state index is 10.7. The number of hydrogen-bond donors (Lipinski definition) is 1. The van der Waals surface area contributed by atoms with E-state index in [9.17, 15) is 4.79 Å². The summed E-state index contributed by atoms with van der Waals surface area (Å²) < 4.78 is 0. The first-order chi connectivity index (χ1) is 10.3. The van der Waals surface area contributed by atoms with Crippen molar-refractivity contribution in [1.29, 1.82) is 0 Å². The molecule has 1 N–H and O–H groups in total. The topological polar surface area (TPSA) is 46.5 Å². The Balaban J connectivity index is -0.00000200. The fourth-order valence-electron chi connectivity index (χ4n) is 2.69. The van der Waals surface area contributed by atoms with E-state index in [1.165, 1.54) is 83.5 Å². The molecule has 0 bridgehead atoms. The summed E-state index contributed by atoms with van der Waals surface area (Å²) in [5.41, 5.74) is 0. The van der Waals surface area contributed by atoms with Gasteiger partial charge in [-0.1, -0.05) is 96.8 Å². The quantitative estimate of drug-likeness (QED) is 0.171. The predicted molar refractivity (Wildman–Crippen MR) is 98.2 cm³/mol. The molecule has 0 radical (unpaired) electrons. The number of carbonyl (C=O) groups excluding carboxylic acids is 1. The van der Waals surface area contributed by atoms with E-state index in [1.54, 1.807) is 0 Å². The molecule has 0 amide bonds. The summed E-state index contributed by atoms with van der Waals surface area (Å²) in [6, 6.07) is 0. The van der Waals surface area contributed by atoms with Gasteiger partial charge >= 0.3 is 5.97 Å². The van der Waals surface area contributed by atoms with Gasteiger partial charge in [-0.25, -0.2) is 4.79 Å². The van der Waals surface area contributed by atoms with Crippen molar-refractivity contribution in [1.82, 2.24) is 0 Å². The smallest absolute Gasteiger partial charge is 0.301 e. The van der Waals surface area contributed by atoms with Gasteiger partial charge in [0.05, 0.1) is 0 Å². The van der Waals surface area contributed by atoms with E-state index >= 15 is 0 Å². The van der Waals surface area contributed by atoms with Gasteiger partial charge < -0.3 is 4.89 Å². The predicted octanol–water partition coefficient (Wildman–Crippen LogP) is 5.08. The second kappa shape index (κ2) is 24.8. The molecule has 0 fully saturated rings. The van der Waals surface area contributed by atoms with E-state index in [2.05, 4.69) is 11.8 Å². The van der Waals surface area contributed by atoms with Crippen LogP contribution in [0.3, 0.4) is 0 Å². The first kappa shape index (κ1) is 28.4. The Morgan fingerprint density at radius 1 is 0.696 bits per heavy atom. The molecule has 0 aromatic rings. The summed E-state index contributed by atoms with van der Waals surface area (Å²) in [4.78, 5) is 14.3. The molecule has 0 unspecified atom stereocenters. The van der Waals surface area contributed by atoms with E-state index in [-0.39, 0.29) is 36.8 Å². The number of hydrogen-bond acceptors (Lipinski definition) is 3. The molecule has 0 heterocycles. The van der Waals surface area contributed by atoms with Crippen LogP contribution in [-0.2, 0) is 29.2 Å². The zero-order valence-electron chi connectivity index (χ0n) is 14.8. The van der Waals surface area contributed by atoms with Gasteiger partial charge in [0.2, 0.25) is 0 Å². The molecule has 23 heavy (non-hydrogen) atoms. The molecule has 0 saturated carbocycles. The Hall–Kier alpha value is 0.586. The molecule has 5 heteroatoms. The van der Waals surface area contributed by atoms with Crippen LogP contribution in [0.25, 0.3) is 0 Å². The van der Waals surface area contributed by atoms with E-state index in [4.69, 9.17) is 5.26 Å². The van der Waals surface area contributed by atoms with Crippen LogP contribution in [-0.4, -0.2) is 28.6 Å². The monoisotopic (exact) mass is 394 g/mol. The second-order valence-electron chi connectivity index (χ2n) is 6.16. The third kappa shape index (κ3) is 25.0. The molecule has 0 aromatic heterocycles. The van der Waals surface area contributed by atoms with E-state index in [0.717, 1.165) is 12.8 Å². The summed E-state index contributed by atoms with van der Waals surface area (Å²) >= 11 is 0. The van der Waals surface area contributed by atoms with Crippen LogP contribution in [0.15, 0.2) is 0 Å². The summed E-state index contributed by atoms with van der Waals surface area (Å²) in [5.74, 6) is -0.510. The Labute approximate surface area is 167 Å². The van der Waals surface area contributed by atoms with Crippen LogP contribution in [0.1, 0.15) is 110 Å². The average molecular weight is 396 g/mol. The Morgan fingerprint density at radius 2 is 1.00 bits per heavy atom. The van der Waals surface area contributed by atoms with Gasteiger partial charge in [-0.2, -0.15) is 5.26 Å². The Bertz CT molecular complexity index is 228. The van der Waals surface area contributed by atoms with Gasteiger partial charge in [-0.05, 0) is 6.42 Å². The summed E-state index contributed by atoms with van der Waals surface area (Å²) in [5, 5.41) is 8.10. The molecule has 3 nitrogen and oxygen atoms in total. The Morgan fingerprint density at radius 3 is 1.30 bits per heavy atom. The molecular weight excluding hydrogens is 357 g/mol. The fourth-order valence-corrected chi connectivity index (χ4v) is 2.69. The van der Waals surface area contributed by atoms with Crippen LogP contribution in [0.4, 0.5) is 0 Å². The van der Waals surface area contributed by atoms with Crippen molar-refractivity contribution >= 4 is 23.3 Å². The number of unbranched alkanes of at least 4 members (excludes halogenated alkanes) is 14. The third-order valence-electron chi connectivity index (χ3n) is 4.09. The second-order valence-corrected chi connectivity index (χ2v) is 6.16. The van der Waals surface area contributed by atoms with Gasteiger partial charge in [0.25, 0.3) is 0 Å². The van der Waals surface area contributed by atoms with E-state index in [1.807, 2.05) is 0 Å². The molecule has 0 spiro atoms. The Kier molecular flexibility index (Phi) is 30.7. The van der Waals surface area contributed by atoms with Crippen molar-refractivity contribution in [3.63, 3.8) is 0 Å². The van der Waals surface area contributed by atoms with Crippen LogP contribution >= 0.6 is 0 Å². The van der Waals surface area contributed by atoms with Crippen molar-refractivity contribution in [2.75, 3.05) is 0 Å². The molecule has 0 aliphatic carbocycles. The number of rotatable bonds is 16. The largest absolute Gasteiger partial charge is 0.342 e. The fraction of sp³-hybridized carbons (Fsp3) is 0.944.